The summed E-state index contributed by atoms with van der Waals surface area (Å²) in [5, 5.41) is 19.5. The van der Waals surface area contributed by atoms with Crippen LogP contribution in [0.25, 0.3) is 0 Å². The van der Waals surface area contributed by atoms with Gasteiger partial charge in [-0.25, -0.2) is 0 Å². The van der Waals surface area contributed by atoms with Crippen molar-refractivity contribution in [3.8, 4) is 0 Å². The van der Waals surface area contributed by atoms with Crippen LogP contribution < -0.4 is 5.32 Å². The van der Waals surface area contributed by atoms with Crippen molar-refractivity contribution in [3.63, 3.8) is 0 Å². The molecule has 0 aromatic carbocycles. The van der Waals surface area contributed by atoms with Crippen molar-refractivity contribution in [2.45, 2.75) is 26.7 Å². The second kappa shape index (κ2) is 12.4. The zero-order valence-corrected chi connectivity index (χ0v) is 15.4. The van der Waals surface area contributed by atoms with Crippen LogP contribution in [-0.2, 0) is 14.4 Å². The summed E-state index contributed by atoms with van der Waals surface area (Å²) < 4.78 is 0. The van der Waals surface area contributed by atoms with E-state index in [1.807, 2.05) is 0 Å². The minimum absolute atomic E-state index is 0. The Morgan fingerprint density at radius 2 is 1.56 bits per heavy atom. The zero-order valence-electron chi connectivity index (χ0n) is 11.4. The van der Waals surface area contributed by atoms with Crippen molar-refractivity contribution < 1.29 is 24.6 Å². The van der Waals surface area contributed by atoms with E-state index >= 15 is 0 Å². The number of amides is 1. The number of aliphatic carboxylic acids is 2. The number of carbonyl (C=O) groups excluding carboxylic acids is 1. The Hall–Kier alpha value is 0.410. The Kier molecular flexibility index (Phi) is 16.2. The molecule has 8 heteroatoms. The van der Waals surface area contributed by atoms with E-state index in [1.165, 1.54) is 6.92 Å². The summed E-state index contributed by atoms with van der Waals surface area (Å²) in [5.41, 5.74) is 0. The van der Waals surface area contributed by atoms with Crippen LogP contribution in [0.15, 0.2) is 0 Å². The van der Waals surface area contributed by atoms with E-state index in [-0.39, 0.29) is 84.4 Å². The van der Waals surface area contributed by atoms with Crippen LogP contribution in [0.2, 0.25) is 0 Å². The molecule has 0 heterocycles. The van der Waals surface area contributed by atoms with E-state index in [9.17, 15) is 14.4 Å². The van der Waals surface area contributed by atoms with Gasteiger partial charge in [-0.1, -0.05) is 13.8 Å². The summed E-state index contributed by atoms with van der Waals surface area (Å²) in [6.07, 6.45) is 0.112. The summed E-state index contributed by atoms with van der Waals surface area (Å²) in [6.45, 7) is 3.22. The van der Waals surface area contributed by atoms with Gasteiger partial charge in [0.25, 0.3) is 0 Å². The van der Waals surface area contributed by atoms with Crippen molar-refractivity contribution in [2.75, 3.05) is 6.54 Å². The number of rotatable bonds is 7. The van der Waals surface area contributed by atoms with Gasteiger partial charge in [0.1, 0.15) is 0 Å². The van der Waals surface area contributed by atoms with Gasteiger partial charge < -0.3 is 15.5 Å². The first kappa shape index (κ1) is 23.5. The van der Waals surface area contributed by atoms with Crippen LogP contribution in [0.5, 0.6) is 0 Å². The van der Waals surface area contributed by atoms with Gasteiger partial charge in [-0.05, 0) is 6.42 Å². The van der Waals surface area contributed by atoms with Gasteiger partial charge in [-0.15, -0.1) is 0 Å². The van der Waals surface area contributed by atoms with Gasteiger partial charge >= 0.3 is 11.9 Å². The maximum Gasteiger partial charge on any atom is 0.306 e. The molecule has 0 spiro atoms. The third-order valence-electron chi connectivity index (χ3n) is 2.21. The molecular formula is C10H17NNa2O5. The van der Waals surface area contributed by atoms with Gasteiger partial charge in [-0.2, -0.15) is 0 Å². The van der Waals surface area contributed by atoms with Crippen LogP contribution in [-0.4, -0.2) is 93.7 Å². The summed E-state index contributed by atoms with van der Waals surface area (Å²) in [6, 6.07) is 0. The Bertz CT molecular complexity index is 285. The van der Waals surface area contributed by atoms with Crippen LogP contribution in [0.3, 0.4) is 0 Å². The minimum atomic E-state index is -0.980. The van der Waals surface area contributed by atoms with Gasteiger partial charge in [0.15, 0.2) is 0 Å². The smallest absolute Gasteiger partial charge is 0.306 e. The third kappa shape index (κ3) is 11.5. The monoisotopic (exact) mass is 277 g/mol. The predicted molar refractivity (Wildman–Crippen MR) is 67.4 cm³/mol. The third-order valence-corrected chi connectivity index (χ3v) is 2.21. The number of hydrogen-bond donors (Lipinski definition) is 3. The van der Waals surface area contributed by atoms with E-state index < -0.39 is 23.8 Å². The van der Waals surface area contributed by atoms with Gasteiger partial charge in [0, 0.05) is 71.6 Å². The second-order valence-electron chi connectivity index (χ2n) is 3.81. The molecule has 0 aliphatic carbocycles. The first-order chi connectivity index (χ1) is 7.34. The van der Waals surface area contributed by atoms with E-state index in [4.69, 9.17) is 10.2 Å². The van der Waals surface area contributed by atoms with Crippen molar-refractivity contribution in [2.24, 2.45) is 11.8 Å². The van der Waals surface area contributed by atoms with Gasteiger partial charge in [-0.3, -0.25) is 14.4 Å². The fraction of sp³-hybridized carbons (Fsp3) is 0.700. The van der Waals surface area contributed by atoms with E-state index in [2.05, 4.69) is 5.32 Å². The van der Waals surface area contributed by atoms with Gasteiger partial charge in [0.2, 0.25) is 5.91 Å². The second-order valence-corrected chi connectivity index (χ2v) is 3.81. The maximum atomic E-state index is 11.4. The molecule has 2 radical (unpaired) electrons. The molecule has 0 aliphatic rings. The summed E-state index contributed by atoms with van der Waals surface area (Å²) >= 11 is 0. The Morgan fingerprint density at radius 3 is 1.94 bits per heavy atom. The normalized spacial score (nSPS) is 12.3. The molecule has 0 fully saturated rings. The number of carboxylic acid groups (broad SMARTS) is 2. The van der Waals surface area contributed by atoms with Crippen LogP contribution in [0.4, 0.5) is 0 Å². The predicted octanol–water partition coefficient (Wildman–Crippen LogP) is -0.437. The maximum absolute atomic E-state index is 11.4. The molecule has 0 unspecified atom stereocenters. The van der Waals surface area contributed by atoms with Crippen molar-refractivity contribution in [1.82, 2.24) is 5.32 Å². The fourth-order valence-electron chi connectivity index (χ4n) is 1.21. The average molecular weight is 277 g/mol. The van der Waals surface area contributed by atoms with Gasteiger partial charge in [0.05, 0.1) is 12.3 Å². The molecule has 1 amide bonds. The summed E-state index contributed by atoms with van der Waals surface area (Å²) in [7, 11) is 0. The van der Waals surface area contributed by atoms with Crippen LogP contribution in [0.1, 0.15) is 26.7 Å². The average Bonchev–Trinajstić information content (AvgIpc) is 2.16. The molecule has 0 aromatic rings. The first-order valence-corrected chi connectivity index (χ1v) is 5.07. The minimum Gasteiger partial charge on any atom is -0.481 e. The van der Waals surface area contributed by atoms with E-state index in [1.54, 1.807) is 6.92 Å². The fourth-order valence-corrected chi connectivity index (χ4v) is 1.21. The molecule has 18 heavy (non-hydrogen) atoms. The molecule has 3 N–H and O–H groups in total. The molecule has 94 valence electrons. The molecule has 0 aromatic heterocycles. The van der Waals surface area contributed by atoms with Crippen molar-refractivity contribution >= 4 is 77.0 Å². The molecular weight excluding hydrogens is 260 g/mol. The summed E-state index contributed by atoms with van der Waals surface area (Å²) in [4.78, 5) is 32.1. The molecule has 6 nitrogen and oxygen atoms in total. The number of carboxylic acids is 2. The van der Waals surface area contributed by atoms with Crippen molar-refractivity contribution in [1.29, 1.82) is 0 Å². The van der Waals surface area contributed by atoms with Crippen LogP contribution in [0, 0.1) is 11.8 Å². The summed E-state index contributed by atoms with van der Waals surface area (Å²) in [5.74, 6) is -3.24. The number of nitrogens with one attached hydrogen (secondary N) is 1. The van der Waals surface area contributed by atoms with E-state index in [0.717, 1.165) is 0 Å². The molecule has 2 atom stereocenters. The Morgan fingerprint density at radius 1 is 1.06 bits per heavy atom. The first-order valence-electron chi connectivity index (χ1n) is 5.07. The SMILES string of the molecule is C[C@@H](C[C@H](C)C(=O)NCCC(=O)O)C(=O)O.[Na].[Na]. The standard InChI is InChI=1S/C10H17NO5.2Na/c1-6(5-7(2)10(15)16)9(14)11-4-3-8(12)13;;/h6-7H,3-5H2,1-2H3,(H,11,14)(H,12,13)(H,15,16);;/t6-,7-;;/m0../s1. The quantitative estimate of drug-likeness (QED) is 0.547. The topological polar surface area (TPSA) is 104 Å². The van der Waals surface area contributed by atoms with E-state index in [0.29, 0.717) is 0 Å². The molecule has 0 bridgehead atoms. The van der Waals surface area contributed by atoms with Crippen molar-refractivity contribution in [3.05, 3.63) is 0 Å². The number of hydrogen-bond acceptors (Lipinski definition) is 3. The largest absolute Gasteiger partial charge is 0.481 e. The zero-order chi connectivity index (χ0) is 12.7. The van der Waals surface area contributed by atoms with Crippen LogP contribution >= 0.6 is 0 Å². The molecule has 0 rings (SSSR count). The molecule has 0 saturated heterocycles. The Balaban J connectivity index is -0.00000112. The number of carbonyl (C=O) groups is 3. The Labute approximate surface area is 150 Å². The molecule has 0 saturated carbocycles. The molecule has 0 aliphatic heterocycles.